The number of rotatable bonds is 5. The van der Waals surface area contributed by atoms with Crippen LogP contribution >= 0.6 is 15.9 Å². The lowest BCUT2D eigenvalue weighted by Gasteiger charge is -2.13. The van der Waals surface area contributed by atoms with Crippen molar-refractivity contribution in [3.05, 3.63) is 28.6 Å². The smallest absolute Gasteiger partial charge is 0.197 e. The van der Waals surface area contributed by atoms with Gasteiger partial charge in [0.05, 0.1) is 16.4 Å². The van der Waals surface area contributed by atoms with E-state index < -0.39 is 0 Å². The van der Waals surface area contributed by atoms with E-state index >= 15 is 0 Å². The normalized spacial score (nSPS) is 11.0. The Kier molecular flexibility index (Phi) is 4.58. The van der Waals surface area contributed by atoms with E-state index in [0.29, 0.717) is 17.5 Å². The number of anilines is 1. The first-order valence-electron chi connectivity index (χ1n) is 6.48. The zero-order valence-electron chi connectivity index (χ0n) is 11.4. The lowest BCUT2D eigenvalue weighted by molar-refractivity contribution is 0.576. The molecule has 0 aliphatic carbocycles. The molecule has 102 valence electrons. The third kappa shape index (κ3) is 3.15. The summed E-state index contributed by atoms with van der Waals surface area (Å²) in [6.45, 7) is 7.23. The average molecular weight is 324 g/mol. The number of hydrogen-bond donors (Lipinski definition) is 1. The summed E-state index contributed by atoms with van der Waals surface area (Å²) < 4.78 is 6.32. The first-order valence-corrected chi connectivity index (χ1v) is 7.28. The van der Waals surface area contributed by atoms with Gasteiger partial charge in [-0.15, -0.1) is 0 Å². The van der Waals surface area contributed by atoms with E-state index in [2.05, 4.69) is 52.0 Å². The van der Waals surface area contributed by atoms with Crippen LogP contribution in [0.1, 0.15) is 38.8 Å². The van der Waals surface area contributed by atoms with Crippen molar-refractivity contribution in [2.45, 2.75) is 33.1 Å². The number of nitrogens with one attached hydrogen (secondary N) is 1. The van der Waals surface area contributed by atoms with E-state index in [1.54, 1.807) is 6.26 Å². The molecule has 2 rings (SSSR count). The molecule has 0 aromatic carbocycles. The monoisotopic (exact) mass is 323 g/mol. The Morgan fingerprint density at radius 1 is 1.37 bits per heavy atom. The standard InChI is InChI=1S/C14H18BrN3O/c1-4-7-16-14-11(15)12(9(2)3)17-13(18-14)10-6-5-8-19-10/h5-6,8-9H,4,7H2,1-3H3,(H,16,17,18). The first-order chi connectivity index (χ1) is 9.13. The molecule has 0 atom stereocenters. The third-order valence-corrected chi connectivity index (χ3v) is 3.49. The van der Waals surface area contributed by atoms with Gasteiger partial charge in [0, 0.05) is 6.54 Å². The van der Waals surface area contributed by atoms with Crippen LogP contribution in [-0.2, 0) is 0 Å². The molecule has 0 bridgehead atoms. The van der Waals surface area contributed by atoms with Crippen LogP contribution in [0.15, 0.2) is 27.3 Å². The Morgan fingerprint density at radius 2 is 2.16 bits per heavy atom. The molecule has 19 heavy (non-hydrogen) atoms. The van der Waals surface area contributed by atoms with Crippen LogP contribution in [0.3, 0.4) is 0 Å². The maximum atomic E-state index is 5.39. The molecular weight excluding hydrogens is 306 g/mol. The summed E-state index contributed by atoms with van der Waals surface area (Å²) in [6.07, 6.45) is 2.68. The molecule has 0 saturated carbocycles. The van der Waals surface area contributed by atoms with Gasteiger partial charge in [0.25, 0.3) is 0 Å². The highest BCUT2D eigenvalue weighted by molar-refractivity contribution is 9.10. The minimum atomic E-state index is 0.313. The predicted molar refractivity (Wildman–Crippen MR) is 80.3 cm³/mol. The number of furan rings is 1. The molecule has 0 radical (unpaired) electrons. The van der Waals surface area contributed by atoms with Crippen molar-refractivity contribution in [2.75, 3.05) is 11.9 Å². The second-order valence-corrected chi connectivity index (χ2v) is 5.45. The molecular formula is C14H18BrN3O. The van der Waals surface area contributed by atoms with Gasteiger partial charge in [-0.05, 0) is 40.4 Å². The van der Waals surface area contributed by atoms with Crippen molar-refractivity contribution in [3.63, 3.8) is 0 Å². The van der Waals surface area contributed by atoms with Crippen LogP contribution in [0.4, 0.5) is 5.82 Å². The van der Waals surface area contributed by atoms with Crippen molar-refractivity contribution < 1.29 is 4.42 Å². The van der Waals surface area contributed by atoms with Crippen LogP contribution in [0, 0.1) is 0 Å². The molecule has 4 nitrogen and oxygen atoms in total. The zero-order chi connectivity index (χ0) is 13.8. The van der Waals surface area contributed by atoms with Crippen molar-refractivity contribution in [1.29, 1.82) is 0 Å². The van der Waals surface area contributed by atoms with E-state index in [9.17, 15) is 0 Å². The highest BCUT2D eigenvalue weighted by Gasteiger charge is 2.16. The molecule has 0 saturated heterocycles. The van der Waals surface area contributed by atoms with Gasteiger partial charge in [0.2, 0.25) is 0 Å². The summed E-state index contributed by atoms with van der Waals surface area (Å²) in [7, 11) is 0. The van der Waals surface area contributed by atoms with Gasteiger partial charge in [0.15, 0.2) is 11.6 Å². The number of nitrogens with zero attached hydrogens (tertiary/aromatic N) is 2. The molecule has 5 heteroatoms. The van der Waals surface area contributed by atoms with Crippen LogP contribution in [-0.4, -0.2) is 16.5 Å². The number of hydrogen-bond acceptors (Lipinski definition) is 4. The maximum absolute atomic E-state index is 5.39. The second-order valence-electron chi connectivity index (χ2n) is 4.65. The Bertz CT molecular complexity index is 538. The molecule has 0 amide bonds. The Labute approximate surface area is 121 Å². The van der Waals surface area contributed by atoms with Gasteiger partial charge in [-0.25, -0.2) is 9.97 Å². The minimum Gasteiger partial charge on any atom is -0.461 e. The van der Waals surface area contributed by atoms with Crippen molar-refractivity contribution in [3.8, 4) is 11.6 Å². The fraction of sp³-hybridized carbons (Fsp3) is 0.429. The van der Waals surface area contributed by atoms with Gasteiger partial charge in [-0.1, -0.05) is 20.8 Å². The fourth-order valence-corrected chi connectivity index (χ4v) is 2.50. The SMILES string of the molecule is CCCNc1nc(-c2ccco2)nc(C(C)C)c1Br. The zero-order valence-corrected chi connectivity index (χ0v) is 13.0. The van der Waals surface area contributed by atoms with Crippen molar-refractivity contribution in [2.24, 2.45) is 0 Å². The quantitative estimate of drug-likeness (QED) is 0.883. The van der Waals surface area contributed by atoms with Crippen LogP contribution in [0.2, 0.25) is 0 Å². The van der Waals surface area contributed by atoms with Crippen molar-refractivity contribution >= 4 is 21.7 Å². The minimum absolute atomic E-state index is 0.313. The predicted octanol–water partition coefficient (Wildman–Crippen LogP) is 4.44. The second kappa shape index (κ2) is 6.19. The lowest BCUT2D eigenvalue weighted by Crippen LogP contribution is -2.08. The summed E-state index contributed by atoms with van der Waals surface area (Å²) in [5, 5.41) is 3.32. The molecule has 1 N–H and O–H groups in total. The van der Waals surface area contributed by atoms with Gasteiger partial charge >= 0.3 is 0 Å². The molecule has 2 heterocycles. The number of halogens is 1. The average Bonchev–Trinajstić information content (AvgIpc) is 2.91. The maximum Gasteiger partial charge on any atom is 0.197 e. The molecule has 0 fully saturated rings. The largest absolute Gasteiger partial charge is 0.461 e. The topological polar surface area (TPSA) is 51.0 Å². The fourth-order valence-electron chi connectivity index (χ4n) is 1.72. The van der Waals surface area contributed by atoms with E-state index in [0.717, 1.165) is 29.0 Å². The molecule has 2 aromatic heterocycles. The van der Waals surface area contributed by atoms with Crippen LogP contribution in [0.25, 0.3) is 11.6 Å². The molecule has 0 aliphatic heterocycles. The Hall–Kier alpha value is -1.36. The highest BCUT2D eigenvalue weighted by atomic mass is 79.9. The molecule has 2 aromatic rings. The first kappa shape index (κ1) is 14.1. The summed E-state index contributed by atoms with van der Waals surface area (Å²) >= 11 is 3.59. The lowest BCUT2D eigenvalue weighted by atomic mass is 10.1. The van der Waals surface area contributed by atoms with Crippen LogP contribution in [0.5, 0.6) is 0 Å². The van der Waals surface area contributed by atoms with E-state index in [1.165, 1.54) is 0 Å². The van der Waals surface area contributed by atoms with Crippen molar-refractivity contribution in [1.82, 2.24) is 9.97 Å². The molecule has 0 aliphatic rings. The van der Waals surface area contributed by atoms with Gasteiger partial charge in [0.1, 0.15) is 5.82 Å². The summed E-state index contributed by atoms with van der Waals surface area (Å²) in [4.78, 5) is 9.12. The Balaban J connectivity index is 2.47. The van der Waals surface area contributed by atoms with E-state index in [4.69, 9.17) is 4.42 Å². The summed E-state index contributed by atoms with van der Waals surface area (Å²) in [5.74, 6) is 2.45. The van der Waals surface area contributed by atoms with E-state index in [-0.39, 0.29) is 0 Å². The third-order valence-electron chi connectivity index (χ3n) is 2.71. The van der Waals surface area contributed by atoms with Gasteiger partial charge in [-0.3, -0.25) is 0 Å². The molecule has 0 unspecified atom stereocenters. The summed E-state index contributed by atoms with van der Waals surface area (Å²) in [6, 6.07) is 3.71. The van der Waals surface area contributed by atoms with Crippen LogP contribution < -0.4 is 5.32 Å². The summed E-state index contributed by atoms with van der Waals surface area (Å²) in [5.41, 5.74) is 0.986. The van der Waals surface area contributed by atoms with E-state index in [1.807, 2.05) is 12.1 Å². The van der Waals surface area contributed by atoms with Gasteiger partial charge < -0.3 is 9.73 Å². The Morgan fingerprint density at radius 3 is 2.74 bits per heavy atom. The van der Waals surface area contributed by atoms with Gasteiger partial charge in [-0.2, -0.15) is 0 Å². The molecule has 0 spiro atoms. The number of aromatic nitrogens is 2. The highest BCUT2D eigenvalue weighted by Crippen LogP contribution is 2.31.